The molecule has 200 valence electrons. The maximum Gasteiger partial charge on any atom is 0.391 e. The molecule has 0 saturated heterocycles. The lowest BCUT2D eigenvalue weighted by Gasteiger charge is -2.26. The van der Waals surface area contributed by atoms with Crippen molar-refractivity contribution >= 4 is 5.91 Å². The van der Waals surface area contributed by atoms with E-state index in [0.29, 0.717) is 36.2 Å². The minimum Gasteiger partial charge on any atom is -0.434 e. The number of aryl methyl sites for hydroxylation is 1. The summed E-state index contributed by atoms with van der Waals surface area (Å²) in [6, 6.07) is 4.13. The van der Waals surface area contributed by atoms with Gasteiger partial charge in [0.2, 0.25) is 0 Å². The molecule has 0 aliphatic heterocycles. The van der Waals surface area contributed by atoms with Gasteiger partial charge in [0.05, 0.1) is 11.6 Å². The van der Waals surface area contributed by atoms with Crippen molar-refractivity contribution in [2.24, 2.45) is 17.8 Å². The molecule has 1 amide bonds. The Balaban J connectivity index is 1.89. The van der Waals surface area contributed by atoms with Gasteiger partial charge in [-0.2, -0.15) is 27.1 Å². The van der Waals surface area contributed by atoms with E-state index < -0.39 is 18.7 Å². The predicted molar refractivity (Wildman–Crippen MR) is 127 cm³/mol. The summed E-state index contributed by atoms with van der Waals surface area (Å²) in [5, 5.41) is 7.38. The van der Waals surface area contributed by atoms with E-state index in [0.717, 1.165) is 32.6 Å². The maximum absolute atomic E-state index is 13.2. The summed E-state index contributed by atoms with van der Waals surface area (Å²) in [7, 11) is 0. The third-order valence-electron chi connectivity index (χ3n) is 7.01. The average molecular weight is 516 g/mol. The summed E-state index contributed by atoms with van der Waals surface area (Å²) in [6.45, 7) is 4.48. The van der Waals surface area contributed by atoms with E-state index in [1.807, 2.05) is 0 Å². The number of carbonyl (C=O) groups is 1. The van der Waals surface area contributed by atoms with Crippen molar-refractivity contribution < 1.29 is 31.5 Å². The molecule has 0 spiro atoms. The zero-order valence-corrected chi connectivity index (χ0v) is 21.1. The third kappa shape index (κ3) is 6.76. The normalized spacial score (nSPS) is 19.4. The van der Waals surface area contributed by atoms with Gasteiger partial charge in [0.1, 0.15) is 5.75 Å². The van der Waals surface area contributed by atoms with Gasteiger partial charge < -0.3 is 10.1 Å². The SMILES string of the molecule is CCn1nc(C(=O)NCC2CCC(C)CC2)c(C)c1-c1ccc(CC(C)C(F)(F)F)cc1OC(F)F. The Hall–Kier alpha value is -2.65. The molecule has 3 rings (SSSR count). The first-order valence-electron chi connectivity index (χ1n) is 12.4. The van der Waals surface area contributed by atoms with Gasteiger partial charge in [-0.3, -0.25) is 9.48 Å². The van der Waals surface area contributed by atoms with Crippen LogP contribution in [0.1, 0.15) is 68.1 Å². The molecule has 5 nitrogen and oxygen atoms in total. The van der Waals surface area contributed by atoms with Gasteiger partial charge in [-0.05, 0) is 62.6 Å². The molecule has 1 fully saturated rings. The van der Waals surface area contributed by atoms with E-state index in [4.69, 9.17) is 4.74 Å². The number of aromatic nitrogens is 2. The monoisotopic (exact) mass is 515 g/mol. The van der Waals surface area contributed by atoms with Crippen LogP contribution in [0.2, 0.25) is 0 Å². The molecule has 1 aromatic carbocycles. The fourth-order valence-electron chi connectivity index (χ4n) is 4.74. The van der Waals surface area contributed by atoms with Crippen LogP contribution in [0.4, 0.5) is 22.0 Å². The Labute approximate surface area is 208 Å². The lowest BCUT2D eigenvalue weighted by Crippen LogP contribution is -2.31. The maximum atomic E-state index is 13.2. The van der Waals surface area contributed by atoms with Crippen molar-refractivity contribution in [2.45, 2.75) is 79.1 Å². The third-order valence-corrected chi connectivity index (χ3v) is 7.01. The molecule has 36 heavy (non-hydrogen) atoms. The Kier molecular flexibility index (Phi) is 9.00. The van der Waals surface area contributed by atoms with Crippen molar-refractivity contribution in [2.75, 3.05) is 6.54 Å². The van der Waals surface area contributed by atoms with Crippen LogP contribution in [0.25, 0.3) is 11.3 Å². The predicted octanol–water partition coefficient (Wildman–Crippen LogP) is 6.78. The van der Waals surface area contributed by atoms with Crippen LogP contribution in [-0.2, 0) is 13.0 Å². The molecule has 1 heterocycles. The summed E-state index contributed by atoms with van der Waals surface area (Å²) < 4.78 is 71.7. The number of hydrogen-bond donors (Lipinski definition) is 1. The van der Waals surface area contributed by atoms with E-state index in [2.05, 4.69) is 17.3 Å². The lowest BCUT2D eigenvalue weighted by atomic mass is 9.83. The molecule has 2 aromatic rings. The van der Waals surface area contributed by atoms with Gasteiger partial charge in [-0.25, -0.2) is 0 Å². The number of hydrogen-bond acceptors (Lipinski definition) is 3. The molecule has 0 bridgehead atoms. The fraction of sp³-hybridized carbons (Fsp3) is 0.615. The minimum atomic E-state index is -4.40. The lowest BCUT2D eigenvalue weighted by molar-refractivity contribution is -0.169. The Morgan fingerprint density at radius 2 is 1.89 bits per heavy atom. The van der Waals surface area contributed by atoms with Crippen LogP contribution < -0.4 is 10.1 Å². The molecule has 1 unspecified atom stereocenters. The number of ether oxygens (including phenoxy) is 1. The molecule has 10 heteroatoms. The van der Waals surface area contributed by atoms with Gasteiger partial charge in [-0.1, -0.05) is 32.8 Å². The van der Waals surface area contributed by atoms with Crippen molar-refractivity contribution in [1.29, 1.82) is 0 Å². The number of nitrogens with one attached hydrogen (secondary N) is 1. The highest BCUT2D eigenvalue weighted by atomic mass is 19.4. The highest BCUT2D eigenvalue weighted by molar-refractivity contribution is 5.95. The van der Waals surface area contributed by atoms with Crippen LogP contribution in [-0.4, -0.2) is 35.0 Å². The van der Waals surface area contributed by atoms with Crippen LogP contribution >= 0.6 is 0 Å². The molecular weight excluding hydrogens is 481 g/mol. The highest BCUT2D eigenvalue weighted by Crippen LogP contribution is 2.37. The quantitative estimate of drug-likeness (QED) is 0.375. The molecule has 1 aliphatic rings. The van der Waals surface area contributed by atoms with Crippen molar-refractivity contribution in [3.05, 3.63) is 35.0 Å². The first kappa shape index (κ1) is 27.9. The van der Waals surface area contributed by atoms with E-state index in [9.17, 15) is 26.7 Å². The largest absolute Gasteiger partial charge is 0.434 e. The van der Waals surface area contributed by atoms with Crippen LogP contribution in [0.15, 0.2) is 18.2 Å². The smallest absolute Gasteiger partial charge is 0.391 e. The Morgan fingerprint density at radius 3 is 2.47 bits per heavy atom. The van der Waals surface area contributed by atoms with Crippen molar-refractivity contribution in [1.82, 2.24) is 15.1 Å². The molecule has 1 aromatic heterocycles. The number of rotatable bonds is 9. The molecule has 1 saturated carbocycles. The number of amides is 1. The van der Waals surface area contributed by atoms with E-state index >= 15 is 0 Å². The molecular formula is C26H34F5N3O2. The Morgan fingerprint density at radius 1 is 1.22 bits per heavy atom. The van der Waals surface area contributed by atoms with E-state index in [-0.39, 0.29) is 34.9 Å². The number of halogens is 5. The Bertz CT molecular complexity index is 1040. The molecule has 0 radical (unpaired) electrons. The topological polar surface area (TPSA) is 56.2 Å². The van der Waals surface area contributed by atoms with Crippen LogP contribution in [0.3, 0.4) is 0 Å². The molecule has 1 aliphatic carbocycles. The van der Waals surface area contributed by atoms with Gasteiger partial charge in [0.15, 0.2) is 5.69 Å². The second-order valence-electron chi connectivity index (χ2n) is 9.83. The fourth-order valence-corrected chi connectivity index (χ4v) is 4.74. The zero-order valence-electron chi connectivity index (χ0n) is 21.1. The van der Waals surface area contributed by atoms with Crippen LogP contribution in [0.5, 0.6) is 5.75 Å². The van der Waals surface area contributed by atoms with Crippen LogP contribution in [0, 0.1) is 24.7 Å². The number of benzene rings is 1. The second kappa shape index (κ2) is 11.6. The summed E-state index contributed by atoms with van der Waals surface area (Å²) >= 11 is 0. The van der Waals surface area contributed by atoms with Gasteiger partial charge >= 0.3 is 12.8 Å². The number of nitrogens with zero attached hydrogens (tertiary/aromatic N) is 2. The molecule has 1 atom stereocenters. The number of carbonyl (C=O) groups excluding carboxylic acids is 1. The van der Waals surface area contributed by atoms with Crippen molar-refractivity contribution in [3.8, 4) is 17.0 Å². The van der Waals surface area contributed by atoms with Gasteiger partial charge in [0, 0.05) is 24.2 Å². The molecule has 1 N–H and O–H groups in total. The average Bonchev–Trinajstić information content (AvgIpc) is 3.14. The highest BCUT2D eigenvalue weighted by Gasteiger charge is 2.36. The summed E-state index contributed by atoms with van der Waals surface area (Å²) in [5.41, 5.74) is 1.56. The minimum absolute atomic E-state index is 0.189. The van der Waals surface area contributed by atoms with Gasteiger partial charge in [-0.15, -0.1) is 0 Å². The zero-order chi connectivity index (χ0) is 26.6. The van der Waals surface area contributed by atoms with Gasteiger partial charge in [0.25, 0.3) is 5.91 Å². The number of alkyl halides is 5. The summed E-state index contributed by atoms with van der Waals surface area (Å²) in [4.78, 5) is 13.0. The van der Waals surface area contributed by atoms with Crippen molar-refractivity contribution in [3.63, 3.8) is 0 Å². The summed E-state index contributed by atoms with van der Waals surface area (Å²) in [6.07, 6.45) is -0.385. The van der Waals surface area contributed by atoms with E-state index in [1.54, 1.807) is 13.8 Å². The summed E-state index contributed by atoms with van der Waals surface area (Å²) in [5.74, 6) is -1.12. The van der Waals surface area contributed by atoms with E-state index in [1.165, 1.54) is 22.9 Å². The second-order valence-corrected chi connectivity index (χ2v) is 9.83. The first-order valence-corrected chi connectivity index (χ1v) is 12.4. The standard InChI is InChI=1S/C26H34F5N3O2/c1-5-34-23(17(4)22(33-34)24(35)32-14-18-8-6-15(2)7-9-18)20-11-10-19(12-16(3)26(29,30)31)13-21(20)36-25(27)28/h10-11,13,15-16,18,25H,5-9,12,14H2,1-4H3,(H,32,35). The first-order chi connectivity index (χ1) is 16.9.